The Morgan fingerprint density at radius 1 is 1.36 bits per heavy atom. The van der Waals surface area contributed by atoms with Gasteiger partial charge in [-0.2, -0.15) is 5.10 Å². The highest BCUT2D eigenvalue weighted by Gasteiger charge is 2.28. The molecule has 130 valence electrons. The fraction of sp³-hybridized carbons (Fsp3) is 0.471. The third-order valence-corrected chi connectivity index (χ3v) is 5.55. The number of fused-ring (bicyclic) bond motifs is 1. The van der Waals surface area contributed by atoms with Crippen molar-refractivity contribution in [2.45, 2.75) is 39.0 Å². The zero-order chi connectivity index (χ0) is 17.4. The first-order valence-corrected chi connectivity index (χ1v) is 9.36. The predicted molar refractivity (Wildman–Crippen MR) is 94.9 cm³/mol. The highest BCUT2D eigenvalue weighted by Crippen LogP contribution is 2.29. The number of hydrogen-bond donors (Lipinski definition) is 0. The van der Waals surface area contributed by atoms with Crippen molar-refractivity contribution in [2.24, 2.45) is 0 Å². The first kappa shape index (κ1) is 16.1. The van der Waals surface area contributed by atoms with E-state index in [1.165, 1.54) is 17.2 Å². The molecular weight excluding hydrogens is 336 g/mol. The van der Waals surface area contributed by atoms with Crippen molar-refractivity contribution in [1.29, 1.82) is 0 Å². The molecule has 0 spiro atoms. The van der Waals surface area contributed by atoms with Gasteiger partial charge in [0.05, 0.1) is 11.4 Å². The molecule has 7 nitrogen and oxygen atoms in total. The largest absolute Gasteiger partial charge is 0.338 e. The highest BCUT2D eigenvalue weighted by molar-refractivity contribution is 7.08. The van der Waals surface area contributed by atoms with E-state index in [9.17, 15) is 4.79 Å². The number of amides is 1. The summed E-state index contributed by atoms with van der Waals surface area (Å²) < 4.78 is 5.88. The number of nitrogens with zero attached hydrogens (tertiary/aromatic N) is 6. The van der Waals surface area contributed by atoms with Crippen molar-refractivity contribution in [3.63, 3.8) is 0 Å². The van der Waals surface area contributed by atoms with Crippen LogP contribution in [0.2, 0.25) is 0 Å². The quantitative estimate of drug-likeness (QED) is 0.720. The molecule has 0 atom stereocenters. The second-order valence-corrected chi connectivity index (χ2v) is 7.15. The molecule has 3 aromatic rings. The molecule has 1 saturated heterocycles. The van der Waals surface area contributed by atoms with E-state index in [0.29, 0.717) is 10.8 Å². The van der Waals surface area contributed by atoms with E-state index in [0.717, 1.165) is 49.4 Å². The van der Waals surface area contributed by atoms with Crippen LogP contribution in [0.25, 0.3) is 5.65 Å². The highest BCUT2D eigenvalue weighted by atomic mass is 32.1. The van der Waals surface area contributed by atoms with Gasteiger partial charge in [-0.3, -0.25) is 4.79 Å². The van der Waals surface area contributed by atoms with Gasteiger partial charge in [0.15, 0.2) is 5.65 Å². The molecule has 1 aliphatic heterocycles. The molecule has 1 amide bonds. The van der Waals surface area contributed by atoms with Crippen molar-refractivity contribution < 1.29 is 4.79 Å². The van der Waals surface area contributed by atoms with Gasteiger partial charge in [0, 0.05) is 37.0 Å². The van der Waals surface area contributed by atoms with Gasteiger partial charge >= 0.3 is 0 Å². The molecule has 0 aliphatic carbocycles. The van der Waals surface area contributed by atoms with Crippen LogP contribution < -0.4 is 0 Å². The van der Waals surface area contributed by atoms with Crippen molar-refractivity contribution in [3.05, 3.63) is 40.3 Å². The number of rotatable bonds is 3. The van der Waals surface area contributed by atoms with Crippen molar-refractivity contribution >= 4 is 23.1 Å². The topological polar surface area (TPSA) is 76.3 Å². The Morgan fingerprint density at radius 3 is 2.92 bits per heavy atom. The monoisotopic (exact) mass is 356 g/mol. The van der Waals surface area contributed by atoms with Gasteiger partial charge in [0.25, 0.3) is 5.91 Å². The van der Waals surface area contributed by atoms with Crippen LogP contribution >= 0.6 is 11.5 Å². The van der Waals surface area contributed by atoms with Gasteiger partial charge in [-0.1, -0.05) is 11.4 Å². The maximum Gasteiger partial charge on any atom is 0.267 e. The summed E-state index contributed by atoms with van der Waals surface area (Å²) in [5, 5.41) is 8.62. The second-order valence-electron chi connectivity index (χ2n) is 6.39. The van der Waals surface area contributed by atoms with E-state index in [-0.39, 0.29) is 5.91 Å². The zero-order valence-electron chi connectivity index (χ0n) is 14.3. The van der Waals surface area contributed by atoms with Crippen LogP contribution in [0.5, 0.6) is 0 Å². The van der Waals surface area contributed by atoms with Crippen LogP contribution in [0.4, 0.5) is 0 Å². The molecular formula is C17H20N6OS. The lowest BCUT2D eigenvalue weighted by Crippen LogP contribution is -2.38. The van der Waals surface area contributed by atoms with Crippen molar-refractivity contribution in [1.82, 2.24) is 29.1 Å². The van der Waals surface area contributed by atoms with Crippen molar-refractivity contribution in [3.8, 4) is 0 Å². The Kier molecular flexibility index (Phi) is 4.20. The Hall–Kier alpha value is -2.35. The minimum atomic E-state index is 0.0695. The maximum atomic E-state index is 12.7. The molecule has 25 heavy (non-hydrogen) atoms. The summed E-state index contributed by atoms with van der Waals surface area (Å²) in [6.45, 7) is 5.47. The van der Waals surface area contributed by atoms with Gasteiger partial charge in [-0.25, -0.2) is 9.50 Å². The van der Waals surface area contributed by atoms with E-state index in [2.05, 4.69) is 19.7 Å². The number of aromatic nitrogens is 5. The van der Waals surface area contributed by atoms with Crippen LogP contribution in [0.15, 0.2) is 18.3 Å². The first-order chi connectivity index (χ1) is 12.2. The summed E-state index contributed by atoms with van der Waals surface area (Å²) in [4.78, 5) is 19.7. The molecule has 0 unspecified atom stereocenters. The van der Waals surface area contributed by atoms with E-state index >= 15 is 0 Å². The van der Waals surface area contributed by atoms with Crippen LogP contribution in [0.1, 0.15) is 52.4 Å². The molecule has 0 N–H and O–H groups in total. The molecule has 0 bridgehead atoms. The van der Waals surface area contributed by atoms with E-state index < -0.39 is 0 Å². The summed E-state index contributed by atoms with van der Waals surface area (Å²) in [5.74, 6) is 0.458. The van der Waals surface area contributed by atoms with E-state index in [1.54, 1.807) is 0 Å². The summed E-state index contributed by atoms with van der Waals surface area (Å²) in [7, 11) is 0. The minimum Gasteiger partial charge on any atom is -0.338 e. The standard InChI is InChI=1S/C17H20N6OS/c1-3-13-16(25-21-19-13)17(24)22-8-5-12(6-9-22)14-4-7-18-15-10-11(2)20-23(14)15/h4,7,10,12H,3,5-6,8-9H2,1-2H3. The summed E-state index contributed by atoms with van der Waals surface area (Å²) in [6.07, 6.45) is 4.44. The van der Waals surface area contributed by atoms with Gasteiger partial charge < -0.3 is 4.90 Å². The van der Waals surface area contributed by atoms with Gasteiger partial charge in [-0.05, 0) is 43.8 Å². The molecule has 8 heteroatoms. The fourth-order valence-corrected chi connectivity index (χ4v) is 4.18. The number of likely N-dealkylation sites (tertiary alicyclic amines) is 1. The molecule has 0 radical (unpaired) electrons. The number of aryl methyl sites for hydroxylation is 2. The second kappa shape index (κ2) is 6.51. The number of carbonyl (C=O) groups excluding carboxylic acids is 1. The Morgan fingerprint density at radius 2 is 2.16 bits per heavy atom. The molecule has 1 aliphatic rings. The van der Waals surface area contributed by atoms with E-state index in [4.69, 9.17) is 0 Å². The van der Waals surface area contributed by atoms with Crippen LogP contribution in [0, 0.1) is 6.92 Å². The summed E-state index contributed by atoms with van der Waals surface area (Å²) in [5.41, 5.74) is 3.84. The molecule has 3 aromatic heterocycles. The van der Waals surface area contributed by atoms with Crippen molar-refractivity contribution in [2.75, 3.05) is 13.1 Å². The number of carbonyl (C=O) groups is 1. The smallest absolute Gasteiger partial charge is 0.267 e. The Bertz CT molecular complexity index is 909. The van der Waals surface area contributed by atoms with Crippen LogP contribution in [-0.2, 0) is 6.42 Å². The minimum absolute atomic E-state index is 0.0695. The average Bonchev–Trinajstić information content (AvgIpc) is 3.26. The Labute approximate surface area is 149 Å². The predicted octanol–water partition coefficient (Wildman–Crippen LogP) is 2.47. The normalized spacial score (nSPS) is 15.8. The van der Waals surface area contributed by atoms with E-state index in [1.807, 2.05) is 41.6 Å². The zero-order valence-corrected chi connectivity index (χ0v) is 15.2. The van der Waals surface area contributed by atoms with Gasteiger partial charge in [-0.15, -0.1) is 5.10 Å². The molecule has 0 aromatic carbocycles. The number of piperidine rings is 1. The SMILES string of the molecule is CCc1nnsc1C(=O)N1CCC(c2ccnc3cc(C)nn23)CC1. The third kappa shape index (κ3) is 2.90. The molecule has 1 fully saturated rings. The lowest BCUT2D eigenvalue weighted by atomic mass is 9.93. The molecule has 4 heterocycles. The maximum absolute atomic E-state index is 12.7. The molecule has 4 rings (SSSR count). The van der Waals surface area contributed by atoms with Crippen LogP contribution in [0.3, 0.4) is 0 Å². The van der Waals surface area contributed by atoms with Gasteiger partial charge in [0.2, 0.25) is 0 Å². The lowest BCUT2D eigenvalue weighted by molar-refractivity contribution is 0.0715. The number of hydrogen-bond acceptors (Lipinski definition) is 6. The fourth-order valence-electron chi connectivity index (χ4n) is 3.46. The summed E-state index contributed by atoms with van der Waals surface area (Å²) in [6, 6.07) is 4.04. The van der Waals surface area contributed by atoms with Crippen LogP contribution in [-0.4, -0.2) is 48.1 Å². The Balaban J connectivity index is 1.50. The van der Waals surface area contributed by atoms with Gasteiger partial charge in [0.1, 0.15) is 4.88 Å². The lowest BCUT2D eigenvalue weighted by Gasteiger charge is -2.32. The average molecular weight is 356 g/mol. The molecule has 0 saturated carbocycles. The summed E-state index contributed by atoms with van der Waals surface area (Å²) >= 11 is 1.20. The first-order valence-electron chi connectivity index (χ1n) is 8.59. The third-order valence-electron chi connectivity index (χ3n) is 4.79.